The molecule has 0 unspecified atom stereocenters. The number of benzene rings is 1. The number of hydrogen-bond donors (Lipinski definition) is 2. The Kier molecular flexibility index (Phi) is 2.51. The first-order chi connectivity index (χ1) is 8.72. The zero-order valence-corrected chi connectivity index (χ0v) is 9.59. The van der Waals surface area contributed by atoms with Crippen molar-refractivity contribution in [1.29, 1.82) is 0 Å². The first kappa shape index (κ1) is 10.8. The third-order valence-electron chi connectivity index (χ3n) is 3.10. The monoisotopic (exact) mass is 244 g/mol. The van der Waals surface area contributed by atoms with Crippen molar-refractivity contribution in [2.75, 3.05) is 5.32 Å². The Balaban J connectivity index is 1.70. The van der Waals surface area contributed by atoms with Gasteiger partial charge >= 0.3 is 5.97 Å². The maximum absolute atomic E-state index is 10.7. The molecular formula is C13H12N2O3. The van der Waals surface area contributed by atoms with Gasteiger partial charge in [-0.05, 0) is 24.0 Å². The quantitative estimate of drug-likeness (QED) is 0.863. The Hall–Kier alpha value is -2.30. The first-order valence-electron chi connectivity index (χ1n) is 5.74. The number of carboxylic acids is 1. The highest BCUT2D eigenvalue weighted by molar-refractivity contribution is 5.85. The average molecular weight is 244 g/mol. The Morgan fingerprint density at radius 1 is 1.33 bits per heavy atom. The van der Waals surface area contributed by atoms with Crippen molar-refractivity contribution >= 4 is 12.0 Å². The number of carboxylic acid groups (broad SMARTS) is 1. The smallest absolute Gasteiger partial charge is 0.357 e. The summed E-state index contributed by atoms with van der Waals surface area (Å²) in [6.45, 7) is 0. The highest BCUT2D eigenvalue weighted by Crippen LogP contribution is 2.24. The summed E-state index contributed by atoms with van der Waals surface area (Å²) < 4.78 is 5.08. The number of nitrogens with zero attached hydrogens (tertiary/aromatic N) is 1. The molecule has 3 rings (SSSR count). The number of nitrogens with one attached hydrogen (secondary N) is 1. The number of anilines is 1. The molecule has 0 atom stereocenters. The highest BCUT2D eigenvalue weighted by Gasteiger charge is 2.22. The number of fused-ring (bicyclic) bond motifs is 1. The predicted molar refractivity (Wildman–Crippen MR) is 64.7 cm³/mol. The van der Waals surface area contributed by atoms with E-state index in [0.717, 1.165) is 19.1 Å². The second-order valence-corrected chi connectivity index (χ2v) is 4.36. The third-order valence-corrected chi connectivity index (χ3v) is 3.10. The van der Waals surface area contributed by atoms with Gasteiger partial charge < -0.3 is 14.8 Å². The highest BCUT2D eigenvalue weighted by atomic mass is 16.4. The Labute approximate surface area is 103 Å². The number of rotatable bonds is 3. The summed E-state index contributed by atoms with van der Waals surface area (Å²) >= 11 is 0. The van der Waals surface area contributed by atoms with Crippen molar-refractivity contribution in [3.63, 3.8) is 0 Å². The summed E-state index contributed by atoms with van der Waals surface area (Å²) in [5, 5.41) is 11.9. The van der Waals surface area contributed by atoms with E-state index >= 15 is 0 Å². The van der Waals surface area contributed by atoms with Crippen LogP contribution in [0.4, 0.5) is 6.01 Å². The van der Waals surface area contributed by atoms with Gasteiger partial charge in [0.15, 0.2) is 5.69 Å². The molecule has 2 N–H and O–H groups in total. The maximum Gasteiger partial charge on any atom is 0.357 e. The zero-order chi connectivity index (χ0) is 12.5. The summed E-state index contributed by atoms with van der Waals surface area (Å²) in [5.74, 6) is -1.08. The van der Waals surface area contributed by atoms with Crippen molar-refractivity contribution < 1.29 is 14.3 Å². The molecule has 5 nitrogen and oxygen atoms in total. The van der Waals surface area contributed by atoms with Gasteiger partial charge in [0, 0.05) is 6.04 Å². The van der Waals surface area contributed by atoms with Gasteiger partial charge in [-0.15, -0.1) is 0 Å². The largest absolute Gasteiger partial charge is 0.476 e. The van der Waals surface area contributed by atoms with Crippen LogP contribution in [0.15, 0.2) is 34.9 Å². The molecule has 5 heteroatoms. The van der Waals surface area contributed by atoms with E-state index in [-0.39, 0.29) is 17.8 Å². The molecule has 92 valence electrons. The van der Waals surface area contributed by atoms with E-state index in [1.807, 2.05) is 12.1 Å². The number of carbonyl (C=O) groups is 1. The number of aromatic nitrogens is 1. The van der Waals surface area contributed by atoms with Crippen LogP contribution in [0, 0.1) is 0 Å². The summed E-state index contributed by atoms with van der Waals surface area (Å²) in [5.41, 5.74) is 2.56. The van der Waals surface area contributed by atoms with Crippen LogP contribution >= 0.6 is 0 Å². The van der Waals surface area contributed by atoms with Crippen LogP contribution in [0.25, 0.3) is 0 Å². The molecule has 0 radical (unpaired) electrons. The topological polar surface area (TPSA) is 75.4 Å². The van der Waals surface area contributed by atoms with Gasteiger partial charge in [0.2, 0.25) is 0 Å². The summed E-state index contributed by atoms with van der Waals surface area (Å²) in [4.78, 5) is 14.5. The van der Waals surface area contributed by atoms with Gasteiger partial charge in [-0.25, -0.2) is 4.79 Å². The Morgan fingerprint density at radius 2 is 2.00 bits per heavy atom. The molecule has 2 aromatic rings. The zero-order valence-electron chi connectivity index (χ0n) is 9.59. The van der Waals surface area contributed by atoms with Gasteiger partial charge in [-0.2, -0.15) is 4.98 Å². The van der Waals surface area contributed by atoms with Crippen LogP contribution in [0.3, 0.4) is 0 Å². The van der Waals surface area contributed by atoms with Gasteiger partial charge in [0.05, 0.1) is 0 Å². The molecule has 18 heavy (non-hydrogen) atoms. The lowest BCUT2D eigenvalue weighted by Gasteiger charge is -2.08. The Morgan fingerprint density at radius 3 is 2.56 bits per heavy atom. The van der Waals surface area contributed by atoms with Crippen molar-refractivity contribution in [3.8, 4) is 0 Å². The average Bonchev–Trinajstić information content (AvgIpc) is 2.94. The molecule has 0 spiro atoms. The van der Waals surface area contributed by atoms with Gasteiger partial charge in [-0.3, -0.25) is 0 Å². The molecule has 0 saturated heterocycles. The number of aromatic carboxylic acids is 1. The molecule has 0 saturated carbocycles. The molecule has 1 aromatic carbocycles. The fourth-order valence-corrected chi connectivity index (χ4v) is 2.27. The minimum absolute atomic E-state index is 0.0759. The normalized spacial score (nSPS) is 14.4. The fraction of sp³-hybridized carbons (Fsp3) is 0.231. The second-order valence-electron chi connectivity index (χ2n) is 4.36. The van der Waals surface area contributed by atoms with Crippen LogP contribution in [0.2, 0.25) is 0 Å². The minimum Gasteiger partial charge on any atom is -0.476 e. The lowest BCUT2D eigenvalue weighted by molar-refractivity contribution is 0.0690. The summed E-state index contributed by atoms with van der Waals surface area (Å²) in [6.07, 6.45) is 2.95. The van der Waals surface area contributed by atoms with E-state index in [9.17, 15) is 4.79 Å². The molecule has 1 aliphatic rings. The van der Waals surface area contributed by atoms with Crippen molar-refractivity contribution in [1.82, 2.24) is 4.98 Å². The Bertz CT molecular complexity index is 566. The molecular weight excluding hydrogens is 232 g/mol. The minimum atomic E-state index is -1.08. The second kappa shape index (κ2) is 4.18. The van der Waals surface area contributed by atoms with E-state index in [1.165, 1.54) is 11.1 Å². The molecule has 1 aromatic heterocycles. The summed E-state index contributed by atoms with van der Waals surface area (Å²) in [7, 11) is 0. The van der Waals surface area contributed by atoms with Crippen LogP contribution in [-0.2, 0) is 12.8 Å². The first-order valence-corrected chi connectivity index (χ1v) is 5.74. The molecule has 1 heterocycles. The molecule has 0 amide bonds. The summed E-state index contributed by atoms with van der Waals surface area (Å²) in [6, 6.07) is 8.74. The lowest BCUT2D eigenvalue weighted by Crippen LogP contribution is -2.19. The van der Waals surface area contributed by atoms with Crippen LogP contribution < -0.4 is 5.32 Å². The molecule has 0 bridgehead atoms. The number of hydrogen-bond acceptors (Lipinski definition) is 4. The van der Waals surface area contributed by atoms with Gasteiger partial charge in [0.1, 0.15) is 6.26 Å². The fourth-order valence-electron chi connectivity index (χ4n) is 2.27. The molecule has 1 aliphatic carbocycles. The van der Waals surface area contributed by atoms with Gasteiger partial charge in [-0.1, -0.05) is 24.3 Å². The molecule has 0 fully saturated rings. The lowest BCUT2D eigenvalue weighted by atomic mass is 10.1. The number of oxazole rings is 1. The van der Waals surface area contributed by atoms with Crippen molar-refractivity contribution in [3.05, 3.63) is 47.3 Å². The van der Waals surface area contributed by atoms with E-state index < -0.39 is 5.97 Å². The van der Waals surface area contributed by atoms with Crippen LogP contribution in [0.5, 0.6) is 0 Å². The van der Waals surface area contributed by atoms with Crippen LogP contribution in [-0.4, -0.2) is 22.1 Å². The van der Waals surface area contributed by atoms with Gasteiger partial charge in [0.25, 0.3) is 6.01 Å². The third kappa shape index (κ3) is 1.95. The van der Waals surface area contributed by atoms with E-state index in [0.29, 0.717) is 0 Å². The van der Waals surface area contributed by atoms with E-state index in [1.54, 1.807) is 0 Å². The SMILES string of the molecule is O=C(O)c1coc(NC2Cc3ccccc3C2)n1. The molecule has 0 aliphatic heterocycles. The van der Waals surface area contributed by atoms with Crippen molar-refractivity contribution in [2.45, 2.75) is 18.9 Å². The maximum atomic E-state index is 10.7. The van der Waals surface area contributed by atoms with Crippen LogP contribution in [0.1, 0.15) is 21.6 Å². The predicted octanol–water partition coefficient (Wildman–Crippen LogP) is 1.95. The van der Waals surface area contributed by atoms with E-state index in [4.69, 9.17) is 9.52 Å². The standard InChI is InChI=1S/C13H12N2O3/c16-12(17)11-7-18-13(15-11)14-10-5-8-3-1-2-4-9(8)6-10/h1-4,7,10H,5-6H2,(H,14,15)(H,16,17). The van der Waals surface area contributed by atoms with E-state index in [2.05, 4.69) is 22.4 Å². The van der Waals surface area contributed by atoms with Crippen molar-refractivity contribution in [2.24, 2.45) is 0 Å².